The minimum Gasteiger partial charge on any atom is -0.392 e. The van der Waals surface area contributed by atoms with Gasteiger partial charge in [-0.05, 0) is 75.0 Å². The Morgan fingerprint density at radius 2 is 1.69 bits per heavy atom. The zero-order valence-electron chi connectivity index (χ0n) is 24.2. The number of carbonyl (C=O) groups excluding carboxylic acids is 2. The zero-order chi connectivity index (χ0) is 29.3. The number of amides is 2. The summed E-state index contributed by atoms with van der Waals surface area (Å²) in [5.41, 5.74) is 4.95. The van der Waals surface area contributed by atoms with E-state index in [9.17, 15) is 14.7 Å². The Morgan fingerprint density at radius 1 is 0.905 bits per heavy atom. The molecule has 3 aliphatic rings. The predicted molar refractivity (Wildman–Crippen MR) is 158 cm³/mol. The molecule has 42 heavy (non-hydrogen) atoms. The summed E-state index contributed by atoms with van der Waals surface area (Å²) in [6, 6.07) is 16.0. The number of carbonyl (C=O) groups is 2. The Bertz CT molecular complexity index is 1170. The molecule has 3 fully saturated rings. The summed E-state index contributed by atoms with van der Waals surface area (Å²) < 4.78 is 13.1. The van der Waals surface area contributed by atoms with E-state index in [2.05, 4.69) is 15.1 Å². The molecule has 2 aromatic rings. The average Bonchev–Trinajstić information content (AvgIpc) is 3.69. The molecular formula is C32H44N4O6. The standard InChI is InChI=1S/C32H44N4O6/c37-22-23-11-13-24(14-12-23)29-19-28(21-36-17-5-8-27(36)20-35-15-1-2-16-35)41-32(42-29)25-6-3-7-26(18-25)33-30(38)9-4-10-31(39)34-40/h3,6-7,11-14,18,27-29,32,37,40H,1-2,4-5,8-10,15-17,19-22H2,(H,33,38)(H,34,39)/t27-,28+,29-,32-/m0/s1. The van der Waals surface area contributed by atoms with Crippen molar-refractivity contribution >= 4 is 17.5 Å². The normalized spacial score (nSPS) is 25.0. The molecule has 0 saturated carbocycles. The van der Waals surface area contributed by atoms with Gasteiger partial charge in [-0.1, -0.05) is 36.4 Å². The summed E-state index contributed by atoms with van der Waals surface area (Å²) >= 11 is 0. The number of rotatable bonds is 12. The van der Waals surface area contributed by atoms with E-state index in [1.54, 1.807) is 5.48 Å². The first-order valence-corrected chi connectivity index (χ1v) is 15.3. The zero-order valence-corrected chi connectivity index (χ0v) is 24.2. The van der Waals surface area contributed by atoms with Crippen molar-refractivity contribution in [2.45, 2.75) is 82.5 Å². The lowest BCUT2D eigenvalue weighted by molar-refractivity contribution is -0.253. The summed E-state index contributed by atoms with van der Waals surface area (Å²) in [5.74, 6) is -0.719. The molecule has 2 amide bonds. The summed E-state index contributed by atoms with van der Waals surface area (Å²) in [6.45, 7) is 5.47. The Balaban J connectivity index is 1.28. The van der Waals surface area contributed by atoms with Gasteiger partial charge in [0, 0.05) is 49.6 Å². The predicted octanol–water partition coefficient (Wildman–Crippen LogP) is 3.90. The SMILES string of the molecule is O=C(CCCC(=O)Nc1cccc([C@H]2O[C@@H](CN3CCC[C@H]3CN3CCCC3)C[C@@H](c3ccc(CO)cc3)O2)c1)NO. The molecule has 0 aromatic heterocycles. The first-order chi connectivity index (χ1) is 20.5. The maximum absolute atomic E-state index is 12.5. The van der Waals surface area contributed by atoms with Crippen LogP contribution in [0.1, 0.15) is 80.5 Å². The molecule has 0 aliphatic carbocycles. The molecule has 228 valence electrons. The fraction of sp³-hybridized carbons (Fsp3) is 0.562. The van der Waals surface area contributed by atoms with Crippen LogP contribution in [0.4, 0.5) is 5.69 Å². The largest absolute Gasteiger partial charge is 0.392 e. The van der Waals surface area contributed by atoms with Gasteiger partial charge in [0.2, 0.25) is 11.8 Å². The van der Waals surface area contributed by atoms with Gasteiger partial charge in [0.1, 0.15) is 0 Å². The highest BCUT2D eigenvalue weighted by Gasteiger charge is 2.36. The smallest absolute Gasteiger partial charge is 0.243 e. The van der Waals surface area contributed by atoms with Gasteiger partial charge in [-0.3, -0.25) is 19.7 Å². The molecule has 0 bridgehead atoms. The third kappa shape index (κ3) is 8.37. The van der Waals surface area contributed by atoms with Gasteiger partial charge in [-0.2, -0.15) is 0 Å². The number of benzene rings is 2. The third-order valence-electron chi connectivity index (χ3n) is 8.59. The van der Waals surface area contributed by atoms with Gasteiger partial charge in [0.15, 0.2) is 6.29 Å². The Hall–Kier alpha value is -2.86. The molecule has 0 unspecified atom stereocenters. The van der Waals surface area contributed by atoms with Crippen LogP contribution in [-0.4, -0.2) is 76.8 Å². The Morgan fingerprint density at radius 3 is 2.45 bits per heavy atom. The van der Waals surface area contributed by atoms with E-state index in [1.807, 2.05) is 48.5 Å². The summed E-state index contributed by atoms with van der Waals surface area (Å²) in [7, 11) is 0. The van der Waals surface area contributed by atoms with E-state index in [-0.39, 0.29) is 37.6 Å². The van der Waals surface area contributed by atoms with Crippen LogP contribution in [0.3, 0.4) is 0 Å². The maximum atomic E-state index is 12.5. The number of hydrogen-bond acceptors (Lipinski definition) is 8. The number of hydrogen-bond donors (Lipinski definition) is 4. The second-order valence-corrected chi connectivity index (χ2v) is 11.7. The van der Waals surface area contributed by atoms with E-state index < -0.39 is 12.2 Å². The number of nitrogens with one attached hydrogen (secondary N) is 2. The van der Waals surface area contributed by atoms with Crippen molar-refractivity contribution in [2.24, 2.45) is 0 Å². The van der Waals surface area contributed by atoms with E-state index in [1.165, 1.54) is 38.8 Å². The number of anilines is 1. The van der Waals surface area contributed by atoms with E-state index >= 15 is 0 Å². The molecule has 0 spiro atoms. The number of aliphatic hydroxyl groups excluding tert-OH is 1. The van der Waals surface area contributed by atoms with Gasteiger partial charge in [0.25, 0.3) is 0 Å². The van der Waals surface area contributed by atoms with Gasteiger partial charge in [-0.25, -0.2) is 5.48 Å². The van der Waals surface area contributed by atoms with Crippen molar-refractivity contribution in [2.75, 3.05) is 38.0 Å². The van der Waals surface area contributed by atoms with E-state index in [4.69, 9.17) is 14.7 Å². The van der Waals surface area contributed by atoms with Crippen molar-refractivity contribution < 1.29 is 29.4 Å². The van der Waals surface area contributed by atoms with Crippen LogP contribution in [0.25, 0.3) is 0 Å². The quantitative estimate of drug-likeness (QED) is 0.220. The molecule has 0 radical (unpaired) electrons. The highest BCUT2D eigenvalue weighted by Crippen LogP contribution is 2.39. The number of aliphatic hydroxyl groups is 1. The molecule has 2 aromatic carbocycles. The van der Waals surface area contributed by atoms with Crippen molar-refractivity contribution in [1.29, 1.82) is 0 Å². The Labute approximate surface area is 247 Å². The van der Waals surface area contributed by atoms with Crippen molar-refractivity contribution in [1.82, 2.24) is 15.3 Å². The highest BCUT2D eigenvalue weighted by molar-refractivity contribution is 5.91. The van der Waals surface area contributed by atoms with Gasteiger partial charge in [0.05, 0.1) is 18.8 Å². The van der Waals surface area contributed by atoms with Crippen LogP contribution in [0.2, 0.25) is 0 Å². The van der Waals surface area contributed by atoms with Gasteiger partial charge in [-0.15, -0.1) is 0 Å². The molecule has 4 N–H and O–H groups in total. The lowest BCUT2D eigenvalue weighted by Crippen LogP contribution is -2.45. The van der Waals surface area contributed by atoms with Crippen LogP contribution >= 0.6 is 0 Å². The number of nitrogens with zero attached hydrogens (tertiary/aromatic N) is 2. The van der Waals surface area contributed by atoms with E-state index in [0.717, 1.165) is 42.7 Å². The maximum Gasteiger partial charge on any atom is 0.243 e. The summed E-state index contributed by atoms with van der Waals surface area (Å²) in [5, 5.41) is 21.0. The lowest BCUT2D eigenvalue weighted by atomic mass is 9.99. The minimum atomic E-state index is -0.601. The Kier molecular flexibility index (Phi) is 11.0. The molecule has 3 heterocycles. The summed E-state index contributed by atoms with van der Waals surface area (Å²) in [4.78, 5) is 28.9. The molecular weight excluding hydrogens is 536 g/mol. The third-order valence-corrected chi connectivity index (χ3v) is 8.59. The minimum absolute atomic E-state index is 0.000670. The van der Waals surface area contributed by atoms with Crippen LogP contribution in [0.5, 0.6) is 0 Å². The highest BCUT2D eigenvalue weighted by atomic mass is 16.7. The molecule has 10 nitrogen and oxygen atoms in total. The average molecular weight is 581 g/mol. The van der Waals surface area contributed by atoms with Crippen molar-refractivity contribution in [3.05, 3.63) is 65.2 Å². The van der Waals surface area contributed by atoms with Crippen molar-refractivity contribution in [3.63, 3.8) is 0 Å². The second kappa shape index (κ2) is 15.0. The number of hydroxylamine groups is 1. The lowest BCUT2D eigenvalue weighted by Gasteiger charge is -2.39. The first-order valence-electron chi connectivity index (χ1n) is 15.3. The molecule has 10 heteroatoms. The van der Waals surface area contributed by atoms with Crippen LogP contribution in [0.15, 0.2) is 48.5 Å². The summed E-state index contributed by atoms with van der Waals surface area (Å²) in [6.07, 6.45) is 5.55. The monoisotopic (exact) mass is 580 g/mol. The van der Waals surface area contributed by atoms with E-state index in [0.29, 0.717) is 18.2 Å². The van der Waals surface area contributed by atoms with Gasteiger partial charge < -0.3 is 24.8 Å². The molecule has 5 rings (SSSR count). The number of ether oxygens (including phenoxy) is 2. The number of likely N-dealkylation sites (tertiary alicyclic amines) is 2. The van der Waals surface area contributed by atoms with Gasteiger partial charge >= 0.3 is 0 Å². The van der Waals surface area contributed by atoms with Crippen LogP contribution in [-0.2, 0) is 25.7 Å². The van der Waals surface area contributed by atoms with Crippen LogP contribution in [0, 0.1) is 0 Å². The fourth-order valence-corrected chi connectivity index (χ4v) is 6.35. The topological polar surface area (TPSA) is 124 Å². The second-order valence-electron chi connectivity index (χ2n) is 11.7. The van der Waals surface area contributed by atoms with Crippen LogP contribution < -0.4 is 10.8 Å². The molecule has 3 saturated heterocycles. The van der Waals surface area contributed by atoms with Crippen molar-refractivity contribution in [3.8, 4) is 0 Å². The molecule has 3 aliphatic heterocycles. The fourth-order valence-electron chi connectivity index (χ4n) is 6.35. The molecule has 4 atom stereocenters. The first kappa shape index (κ1) is 30.6.